The summed E-state index contributed by atoms with van der Waals surface area (Å²) in [5.41, 5.74) is -1.60. The van der Waals surface area contributed by atoms with Crippen molar-refractivity contribution in [3.8, 4) is 11.5 Å². The molecule has 5 rings (SSSR count). The van der Waals surface area contributed by atoms with Gasteiger partial charge in [-0.3, -0.25) is 14.4 Å². The smallest absolute Gasteiger partial charge is 0.306 e. The Kier molecular flexibility index (Phi) is 8.48. The number of rotatable bonds is 8. The molecule has 3 aliphatic rings. The molecule has 43 heavy (non-hydrogen) atoms. The summed E-state index contributed by atoms with van der Waals surface area (Å²) < 4.78 is 95.2. The van der Waals surface area contributed by atoms with Gasteiger partial charge in [-0.1, -0.05) is 0 Å². The molecule has 0 heterocycles. The number of aliphatic carboxylic acids is 1. The number of anilines is 1. The molecule has 0 aromatic heterocycles. The van der Waals surface area contributed by atoms with E-state index >= 15 is 0 Å². The van der Waals surface area contributed by atoms with Crippen LogP contribution >= 0.6 is 0 Å². The molecule has 0 saturated heterocycles. The number of carbonyl (C=O) groups is 3. The Bertz CT molecular complexity index is 1430. The number of fused-ring (bicyclic) bond motifs is 2. The average Bonchev–Trinajstić information content (AvgIpc) is 3.60. The van der Waals surface area contributed by atoms with E-state index in [1.54, 1.807) is 0 Å². The maximum absolute atomic E-state index is 14.9. The van der Waals surface area contributed by atoms with E-state index in [2.05, 4.69) is 5.32 Å². The number of carboxylic acids is 1. The van der Waals surface area contributed by atoms with Crippen LogP contribution < -0.4 is 20.1 Å². The van der Waals surface area contributed by atoms with Gasteiger partial charge in [0.1, 0.15) is 11.4 Å². The van der Waals surface area contributed by atoms with E-state index in [0.717, 1.165) is 12.1 Å². The lowest BCUT2D eigenvalue weighted by Gasteiger charge is -2.31. The number of nitrogens with one attached hydrogen (secondary N) is 2. The predicted molar refractivity (Wildman–Crippen MR) is 137 cm³/mol. The Morgan fingerprint density at radius 1 is 0.814 bits per heavy atom. The van der Waals surface area contributed by atoms with Crippen molar-refractivity contribution in [2.45, 2.75) is 57.1 Å². The first-order valence-electron chi connectivity index (χ1n) is 13.8. The Labute approximate surface area is 241 Å². The van der Waals surface area contributed by atoms with Crippen molar-refractivity contribution in [1.29, 1.82) is 0 Å². The van der Waals surface area contributed by atoms with Crippen LogP contribution in [0.25, 0.3) is 0 Å². The minimum Gasteiger partial charge on any atom is -0.496 e. The lowest BCUT2D eigenvalue weighted by molar-refractivity contribution is -0.143. The van der Waals surface area contributed by atoms with Crippen molar-refractivity contribution < 1.29 is 55.3 Å². The van der Waals surface area contributed by atoms with E-state index in [1.807, 2.05) is 5.32 Å². The van der Waals surface area contributed by atoms with Gasteiger partial charge in [0.15, 0.2) is 34.8 Å². The number of amides is 2. The third kappa shape index (κ3) is 5.70. The number of carbonyl (C=O) groups excluding carboxylic acids is 2. The van der Waals surface area contributed by atoms with E-state index < -0.39 is 82.4 Å². The summed E-state index contributed by atoms with van der Waals surface area (Å²) in [7, 11) is 1.22. The highest BCUT2D eigenvalue weighted by molar-refractivity contribution is 5.99. The third-order valence-corrected chi connectivity index (χ3v) is 8.79. The Balaban J connectivity index is 1.35. The number of halogens is 6. The third-order valence-electron chi connectivity index (χ3n) is 8.79. The second kappa shape index (κ2) is 12.0. The lowest BCUT2D eigenvalue weighted by atomic mass is 9.83. The van der Waals surface area contributed by atoms with Gasteiger partial charge >= 0.3 is 5.97 Å². The van der Waals surface area contributed by atoms with Crippen LogP contribution in [-0.2, 0) is 9.59 Å². The summed E-state index contributed by atoms with van der Waals surface area (Å²) in [5.74, 6) is -17.1. The van der Waals surface area contributed by atoms with Crippen molar-refractivity contribution in [1.82, 2.24) is 5.32 Å². The summed E-state index contributed by atoms with van der Waals surface area (Å²) in [6, 6.07) is 1.24. The maximum atomic E-state index is 14.9. The number of carboxylic acid groups (broad SMARTS) is 1. The lowest BCUT2D eigenvalue weighted by Crippen LogP contribution is -2.48. The van der Waals surface area contributed by atoms with Crippen LogP contribution in [-0.4, -0.2) is 42.1 Å². The summed E-state index contributed by atoms with van der Waals surface area (Å²) in [6.07, 6.45) is 2.62. The molecule has 2 aromatic rings. The normalized spacial score (nSPS) is 26.2. The molecule has 2 amide bonds. The van der Waals surface area contributed by atoms with E-state index in [4.69, 9.17) is 9.47 Å². The maximum Gasteiger partial charge on any atom is 0.306 e. The molecule has 0 aliphatic heterocycles. The Morgan fingerprint density at radius 2 is 1.42 bits per heavy atom. The van der Waals surface area contributed by atoms with E-state index in [-0.39, 0.29) is 28.9 Å². The quantitative estimate of drug-likeness (QED) is 0.210. The molecule has 3 saturated carbocycles. The minimum absolute atomic E-state index is 0.125. The van der Waals surface area contributed by atoms with Crippen LogP contribution in [0.1, 0.15) is 55.3 Å². The van der Waals surface area contributed by atoms with Gasteiger partial charge in [-0.2, -0.15) is 0 Å². The zero-order chi connectivity index (χ0) is 31.2. The number of hydrogen-bond donors (Lipinski definition) is 3. The molecule has 14 heteroatoms. The zero-order valence-corrected chi connectivity index (χ0v) is 22.8. The van der Waals surface area contributed by atoms with Gasteiger partial charge in [-0.25, -0.2) is 26.3 Å². The van der Waals surface area contributed by atoms with Crippen molar-refractivity contribution >= 4 is 23.5 Å². The fraction of sp³-hybridized carbons (Fsp3) is 0.483. The second-order valence-electron chi connectivity index (χ2n) is 11.2. The highest BCUT2D eigenvalue weighted by Crippen LogP contribution is 2.49. The molecule has 232 valence electrons. The molecule has 8 nitrogen and oxygen atoms in total. The van der Waals surface area contributed by atoms with Crippen LogP contribution in [0.15, 0.2) is 12.1 Å². The highest BCUT2D eigenvalue weighted by atomic mass is 19.2. The summed E-state index contributed by atoms with van der Waals surface area (Å²) in [5, 5.41) is 13.8. The van der Waals surface area contributed by atoms with Crippen LogP contribution in [0.5, 0.6) is 11.5 Å². The van der Waals surface area contributed by atoms with Crippen LogP contribution in [0, 0.1) is 58.6 Å². The standard InChI is InChI=1S/C29H28F6N2O6/c1-42-17-10-16(30)18(43-14-6-4-11(5-7-14)29(40)41)9-15(17)27(38)36-25-13-3-2-12(8-13)19(25)28(39)37-26-23(34)21(32)20(31)22(33)24(26)35/h9-14,19,25H,2-8H2,1H3,(H,36,38)(H,37,39)(H,40,41)/t11?,12-,13+,14?,19+,25-/m1/s1. The van der Waals surface area contributed by atoms with Crippen molar-refractivity contribution in [2.24, 2.45) is 23.7 Å². The Morgan fingerprint density at radius 3 is 2.02 bits per heavy atom. The van der Waals surface area contributed by atoms with Crippen LogP contribution in [0.4, 0.5) is 32.0 Å². The molecule has 0 spiro atoms. The number of methoxy groups -OCH3 is 1. The second-order valence-corrected chi connectivity index (χ2v) is 11.2. The summed E-state index contributed by atoms with van der Waals surface area (Å²) in [4.78, 5) is 37.9. The molecule has 3 N–H and O–H groups in total. The number of benzene rings is 2. The van der Waals surface area contributed by atoms with Gasteiger partial charge in [0, 0.05) is 12.1 Å². The topological polar surface area (TPSA) is 114 Å². The molecule has 2 bridgehead atoms. The van der Waals surface area contributed by atoms with Crippen molar-refractivity contribution in [3.05, 3.63) is 52.6 Å². The number of ether oxygens (including phenoxy) is 2. The van der Waals surface area contributed by atoms with Gasteiger partial charge in [-0.15, -0.1) is 0 Å². The SMILES string of the molecule is COc1cc(F)c(OC2CCC(C(=O)O)CC2)cc1C(=O)N[C@@H]1[C@H]2CC[C@H](C2)[C@@H]1C(=O)Nc1c(F)c(F)c(F)c(F)c1F. The fourth-order valence-electron chi connectivity index (χ4n) is 6.61. The minimum atomic E-state index is -2.36. The van der Waals surface area contributed by atoms with Crippen LogP contribution in [0.3, 0.4) is 0 Å². The molecule has 4 atom stereocenters. The van der Waals surface area contributed by atoms with Gasteiger partial charge < -0.3 is 25.2 Å². The van der Waals surface area contributed by atoms with Gasteiger partial charge in [0.2, 0.25) is 11.7 Å². The molecule has 3 fully saturated rings. The highest BCUT2D eigenvalue weighted by Gasteiger charge is 2.52. The largest absolute Gasteiger partial charge is 0.496 e. The Hall–Kier alpha value is -3.97. The van der Waals surface area contributed by atoms with E-state index in [1.165, 1.54) is 7.11 Å². The van der Waals surface area contributed by atoms with Crippen LogP contribution in [0.2, 0.25) is 0 Å². The first kappa shape index (κ1) is 30.5. The van der Waals surface area contributed by atoms with Crippen molar-refractivity contribution in [3.63, 3.8) is 0 Å². The summed E-state index contributed by atoms with van der Waals surface area (Å²) >= 11 is 0. The van der Waals surface area contributed by atoms with E-state index in [9.17, 15) is 45.8 Å². The molecule has 0 radical (unpaired) electrons. The van der Waals surface area contributed by atoms with Gasteiger partial charge in [0.05, 0.1) is 30.6 Å². The zero-order valence-electron chi connectivity index (χ0n) is 22.8. The molecular formula is C29H28F6N2O6. The monoisotopic (exact) mass is 614 g/mol. The van der Waals surface area contributed by atoms with Crippen molar-refractivity contribution in [2.75, 3.05) is 12.4 Å². The first-order chi connectivity index (χ1) is 20.4. The first-order valence-corrected chi connectivity index (χ1v) is 13.8. The molecule has 3 aliphatic carbocycles. The average molecular weight is 615 g/mol. The fourth-order valence-corrected chi connectivity index (χ4v) is 6.61. The van der Waals surface area contributed by atoms with Gasteiger partial charge in [0.25, 0.3) is 5.91 Å². The molecule has 2 aromatic carbocycles. The summed E-state index contributed by atoms with van der Waals surface area (Å²) in [6.45, 7) is 0. The molecular weight excluding hydrogens is 586 g/mol. The van der Waals surface area contributed by atoms with E-state index in [0.29, 0.717) is 44.9 Å². The predicted octanol–water partition coefficient (Wildman–Crippen LogP) is 5.34. The van der Waals surface area contributed by atoms with Gasteiger partial charge in [-0.05, 0) is 62.8 Å². The molecule has 0 unspecified atom stereocenters. The number of hydrogen-bond acceptors (Lipinski definition) is 5.